The summed E-state index contributed by atoms with van der Waals surface area (Å²) in [6, 6.07) is 20.3. The molecule has 0 aliphatic rings. The van der Waals surface area contributed by atoms with Gasteiger partial charge in [-0.05, 0) is 61.0 Å². The lowest BCUT2D eigenvalue weighted by Gasteiger charge is -2.13. The molecule has 0 aliphatic heterocycles. The Morgan fingerprint density at radius 3 is 2.29 bits per heavy atom. The maximum absolute atomic E-state index is 12.7. The van der Waals surface area contributed by atoms with E-state index in [9.17, 15) is 4.79 Å². The standard InChI is InChI=1S/C23H23NO4/c1-16-6-4-5-7-21(16)24-23(25)17-8-13-22(27-3)18(14-17)15-28-20-11-9-19(26-2)10-12-20/h4-14H,15H2,1-3H3,(H,24,25). The summed E-state index contributed by atoms with van der Waals surface area (Å²) < 4.78 is 16.4. The Bertz CT molecular complexity index is 951. The van der Waals surface area contributed by atoms with Crippen LogP contribution in [0.1, 0.15) is 21.5 Å². The van der Waals surface area contributed by atoms with Crippen LogP contribution in [0.15, 0.2) is 66.7 Å². The summed E-state index contributed by atoms with van der Waals surface area (Å²) in [5.74, 6) is 1.96. The fraction of sp³-hybridized carbons (Fsp3) is 0.174. The molecule has 0 aromatic heterocycles. The highest BCUT2D eigenvalue weighted by atomic mass is 16.5. The maximum Gasteiger partial charge on any atom is 0.255 e. The van der Waals surface area contributed by atoms with Gasteiger partial charge in [0.25, 0.3) is 5.91 Å². The molecule has 0 saturated carbocycles. The molecule has 5 nitrogen and oxygen atoms in total. The van der Waals surface area contributed by atoms with Crippen molar-refractivity contribution in [2.45, 2.75) is 13.5 Å². The highest BCUT2D eigenvalue weighted by Crippen LogP contribution is 2.24. The summed E-state index contributed by atoms with van der Waals surface area (Å²) in [4.78, 5) is 12.7. The smallest absolute Gasteiger partial charge is 0.255 e. The van der Waals surface area contributed by atoms with E-state index in [2.05, 4.69) is 5.32 Å². The minimum Gasteiger partial charge on any atom is -0.497 e. The van der Waals surface area contributed by atoms with E-state index in [-0.39, 0.29) is 12.5 Å². The quantitative estimate of drug-likeness (QED) is 0.640. The van der Waals surface area contributed by atoms with Crippen molar-refractivity contribution in [2.75, 3.05) is 19.5 Å². The number of anilines is 1. The first-order valence-electron chi connectivity index (χ1n) is 8.91. The topological polar surface area (TPSA) is 56.8 Å². The average molecular weight is 377 g/mol. The molecule has 3 aromatic rings. The Kier molecular flexibility index (Phi) is 6.17. The lowest BCUT2D eigenvalue weighted by Crippen LogP contribution is -2.13. The van der Waals surface area contributed by atoms with Crippen LogP contribution in [0.2, 0.25) is 0 Å². The molecular weight excluding hydrogens is 354 g/mol. The summed E-state index contributed by atoms with van der Waals surface area (Å²) in [6.45, 7) is 2.23. The second kappa shape index (κ2) is 8.95. The zero-order valence-electron chi connectivity index (χ0n) is 16.2. The van der Waals surface area contributed by atoms with Gasteiger partial charge in [0.05, 0.1) is 14.2 Å². The maximum atomic E-state index is 12.7. The molecule has 0 aliphatic carbocycles. The number of aryl methyl sites for hydroxylation is 1. The van der Waals surface area contributed by atoms with E-state index < -0.39 is 0 Å². The number of methoxy groups -OCH3 is 2. The van der Waals surface area contributed by atoms with Crippen LogP contribution in [0.3, 0.4) is 0 Å². The molecule has 1 N–H and O–H groups in total. The zero-order valence-corrected chi connectivity index (χ0v) is 16.2. The van der Waals surface area contributed by atoms with E-state index in [1.54, 1.807) is 32.4 Å². The summed E-state index contributed by atoms with van der Waals surface area (Å²) in [5.41, 5.74) is 3.12. The highest BCUT2D eigenvalue weighted by Gasteiger charge is 2.12. The average Bonchev–Trinajstić information content (AvgIpc) is 2.74. The van der Waals surface area contributed by atoms with Crippen LogP contribution < -0.4 is 19.5 Å². The van der Waals surface area contributed by atoms with Crippen LogP contribution in [0.25, 0.3) is 0 Å². The van der Waals surface area contributed by atoms with E-state index in [1.807, 2.05) is 55.5 Å². The second-order valence-electron chi connectivity index (χ2n) is 6.26. The Labute approximate surface area is 164 Å². The zero-order chi connectivity index (χ0) is 19.9. The van der Waals surface area contributed by atoms with Gasteiger partial charge >= 0.3 is 0 Å². The molecule has 144 valence electrons. The minimum atomic E-state index is -0.178. The summed E-state index contributed by atoms with van der Waals surface area (Å²) in [7, 11) is 3.22. The van der Waals surface area contributed by atoms with Crippen LogP contribution in [0.5, 0.6) is 17.2 Å². The number of ether oxygens (including phenoxy) is 3. The number of amides is 1. The van der Waals surface area contributed by atoms with Crippen molar-refractivity contribution in [3.8, 4) is 17.2 Å². The van der Waals surface area contributed by atoms with Crippen molar-refractivity contribution in [3.63, 3.8) is 0 Å². The van der Waals surface area contributed by atoms with Gasteiger partial charge in [0, 0.05) is 16.8 Å². The van der Waals surface area contributed by atoms with E-state index in [0.717, 1.165) is 22.6 Å². The van der Waals surface area contributed by atoms with E-state index in [1.165, 1.54) is 0 Å². The van der Waals surface area contributed by atoms with E-state index in [0.29, 0.717) is 17.1 Å². The first-order chi connectivity index (χ1) is 13.6. The number of hydrogen-bond acceptors (Lipinski definition) is 4. The van der Waals surface area contributed by atoms with Crippen LogP contribution in [0, 0.1) is 6.92 Å². The number of benzene rings is 3. The lowest BCUT2D eigenvalue weighted by atomic mass is 10.1. The Hall–Kier alpha value is -3.47. The molecule has 0 bridgehead atoms. The van der Waals surface area contributed by atoms with Crippen LogP contribution >= 0.6 is 0 Å². The van der Waals surface area contributed by atoms with Gasteiger partial charge in [-0.25, -0.2) is 0 Å². The molecule has 3 rings (SSSR count). The van der Waals surface area contributed by atoms with E-state index >= 15 is 0 Å². The predicted octanol–water partition coefficient (Wildman–Crippen LogP) is 4.84. The van der Waals surface area contributed by atoms with Gasteiger partial charge in [-0.2, -0.15) is 0 Å². The van der Waals surface area contributed by atoms with Gasteiger partial charge in [0.1, 0.15) is 23.9 Å². The monoisotopic (exact) mass is 377 g/mol. The molecule has 5 heteroatoms. The third-order valence-corrected chi connectivity index (χ3v) is 4.39. The molecule has 0 atom stereocenters. The fourth-order valence-electron chi connectivity index (χ4n) is 2.77. The van der Waals surface area contributed by atoms with Crippen molar-refractivity contribution in [2.24, 2.45) is 0 Å². The highest BCUT2D eigenvalue weighted by molar-refractivity contribution is 6.04. The Balaban J connectivity index is 1.75. The van der Waals surface area contributed by atoms with Gasteiger partial charge in [0.2, 0.25) is 0 Å². The van der Waals surface area contributed by atoms with Crippen LogP contribution in [0.4, 0.5) is 5.69 Å². The molecule has 3 aromatic carbocycles. The largest absolute Gasteiger partial charge is 0.497 e. The Morgan fingerprint density at radius 2 is 1.61 bits per heavy atom. The third-order valence-electron chi connectivity index (χ3n) is 4.39. The first-order valence-corrected chi connectivity index (χ1v) is 8.91. The molecule has 0 saturated heterocycles. The van der Waals surface area contributed by atoms with Gasteiger partial charge in [-0.15, -0.1) is 0 Å². The molecular formula is C23H23NO4. The van der Waals surface area contributed by atoms with Gasteiger partial charge in [-0.3, -0.25) is 4.79 Å². The number of hydrogen-bond donors (Lipinski definition) is 1. The summed E-state index contributed by atoms with van der Waals surface area (Å²) >= 11 is 0. The van der Waals surface area contributed by atoms with Gasteiger partial charge in [0.15, 0.2) is 0 Å². The number of para-hydroxylation sites is 1. The molecule has 0 spiro atoms. The fourth-order valence-corrected chi connectivity index (χ4v) is 2.77. The normalized spacial score (nSPS) is 10.2. The van der Waals surface area contributed by atoms with Crippen molar-refractivity contribution >= 4 is 11.6 Å². The minimum absolute atomic E-state index is 0.178. The molecule has 1 amide bonds. The van der Waals surface area contributed by atoms with Crippen molar-refractivity contribution in [3.05, 3.63) is 83.4 Å². The lowest BCUT2D eigenvalue weighted by molar-refractivity contribution is 0.102. The van der Waals surface area contributed by atoms with Crippen LogP contribution in [-0.4, -0.2) is 20.1 Å². The number of carbonyl (C=O) groups is 1. The summed E-state index contributed by atoms with van der Waals surface area (Å²) in [5, 5.41) is 2.94. The Morgan fingerprint density at radius 1 is 0.893 bits per heavy atom. The van der Waals surface area contributed by atoms with Crippen molar-refractivity contribution < 1.29 is 19.0 Å². The van der Waals surface area contributed by atoms with Crippen molar-refractivity contribution in [1.82, 2.24) is 0 Å². The second-order valence-corrected chi connectivity index (χ2v) is 6.26. The van der Waals surface area contributed by atoms with Crippen molar-refractivity contribution in [1.29, 1.82) is 0 Å². The van der Waals surface area contributed by atoms with Crippen LogP contribution in [-0.2, 0) is 6.61 Å². The summed E-state index contributed by atoms with van der Waals surface area (Å²) in [6.07, 6.45) is 0. The molecule has 0 unspecified atom stereocenters. The van der Waals surface area contributed by atoms with E-state index in [4.69, 9.17) is 14.2 Å². The first kappa shape index (κ1) is 19.3. The van der Waals surface area contributed by atoms with Gasteiger partial charge in [-0.1, -0.05) is 18.2 Å². The number of rotatable bonds is 7. The molecule has 28 heavy (non-hydrogen) atoms. The van der Waals surface area contributed by atoms with Gasteiger partial charge < -0.3 is 19.5 Å². The molecule has 0 fully saturated rings. The molecule has 0 heterocycles. The molecule has 0 radical (unpaired) electrons. The number of carbonyl (C=O) groups excluding carboxylic acids is 1. The SMILES string of the molecule is COc1ccc(OCc2cc(C(=O)Nc3ccccc3C)ccc2OC)cc1. The predicted molar refractivity (Wildman–Crippen MR) is 109 cm³/mol. The number of nitrogens with one attached hydrogen (secondary N) is 1. The third kappa shape index (κ3) is 4.62.